The third-order valence-corrected chi connectivity index (χ3v) is 10.6. The number of hydrogen-bond acceptors (Lipinski definition) is 0. The molecule has 3 aromatic heterocycles. The van der Waals surface area contributed by atoms with Gasteiger partial charge in [0.25, 0.3) is 0 Å². The van der Waals surface area contributed by atoms with Crippen LogP contribution in [0.1, 0.15) is 0 Å². The molecule has 0 aliphatic rings. The van der Waals surface area contributed by atoms with E-state index >= 15 is 0 Å². The summed E-state index contributed by atoms with van der Waals surface area (Å²) in [7, 11) is 0. The van der Waals surface area contributed by atoms with Crippen molar-refractivity contribution in [3.8, 4) is 28.2 Å². The lowest BCUT2D eigenvalue weighted by Gasteiger charge is -2.12. The quantitative estimate of drug-likeness (QED) is 0.180. The normalized spacial score (nSPS) is 11.9. The average molecular weight is 650 g/mol. The van der Waals surface area contributed by atoms with Crippen molar-refractivity contribution in [1.82, 2.24) is 13.7 Å². The smallest absolute Gasteiger partial charge is 0.0641 e. The van der Waals surface area contributed by atoms with Crippen molar-refractivity contribution in [3.63, 3.8) is 0 Å². The van der Waals surface area contributed by atoms with Crippen LogP contribution in [0.5, 0.6) is 0 Å². The monoisotopic (exact) mass is 649 g/mol. The Kier molecular flexibility index (Phi) is 5.96. The SMILES string of the molecule is c1ccc(-n2c3ccccc3c3ccc4c(c5ccccc5n4-c4cccc(-c5ccc(-n6c7ccccc7c7ccccc76)cc5)c4)c32)cc1. The van der Waals surface area contributed by atoms with Crippen molar-refractivity contribution >= 4 is 65.4 Å². The van der Waals surface area contributed by atoms with Crippen LogP contribution in [0.25, 0.3) is 93.6 Å². The zero-order chi connectivity index (χ0) is 33.5. The molecule has 0 bridgehead atoms. The summed E-state index contributed by atoms with van der Waals surface area (Å²) in [6, 6.07) is 68.3. The van der Waals surface area contributed by atoms with E-state index < -0.39 is 0 Å². The Morgan fingerprint density at radius 1 is 0.255 bits per heavy atom. The van der Waals surface area contributed by atoms with Crippen LogP contribution in [-0.2, 0) is 0 Å². The summed E-state index contributed by atoms with van der Waals surface area (Å²) in [5, 5.41) is 7.60. The van der Waals surface area contributed by atoms with Gasteiger partial charge >= 0.3 is 0 Å². The van der Waals surface area contributed by atoms with Gasteiger partial charge in [-0.1, -0.05) is 121 Å². The number of nitrogens with zero attached hydrogens (tertiary/aromatic N) is 3. The highest BCUT2D eigenvalue weighted by Crippen LogP contribution is 2.42. The third-order valence-electron chi connectivity index (χ3n) is 10.6. The van der Waals surface area contributed by atoms with Crippen molar-refractivity contribution in [3.05, 3.63) is 188 Å². The highest BCUT2D eigenvalue weighted by Gasteiger charge is 2.21. The Labute approximate surface area is 294 Å². The van der Waals surface area contributed by atoms with Crippen molar-refractivity contribution in [2.75, 3.05) is 0 Å². The first-order valence-corrected chi connectivity index (χ1v) is 17.5. The highest BCUT2D eigenvalue weighted by atomic mass is 15.0. The van der Waals surface area contributed by atoms with Crippen molar-refractivity contribution < 1.29 is 0 Å². The van der Waals surface area contributed by atoms with E-state index in [-0.39, 0.29) is 0 Å². The van der Waals surface area contributed by atoms with Crippen LogP contribution in [-0.4, -0.2) is 13.7 Å². The Hall–Kier alpha value is -6.84. The van der Waals surface area contributed by atoms with Crippen LogP contribution in [0.15, 0.2) is 188 Å². The van der Waals surface area contributed by atoms with Crippen LogP contribution >= 0.6 is 0 Å². The third kappa shape index (κ3) is 4.06. The van der Waals surface area contributed by atoms with Gasteiger partial charge in [-0.25, -0.2) is 0 Å². The van der Waals surface area contributed by atoms with E-state index in [1.165, 1.54) is 82.2 Å². The Balaban J connectivity index is 1.10. The van der Waals surface area contributed by atoms with E-state index in [1.54, 1.807) is 0 Å². The average Bonchev–Trinajstić information content (AvgIpc) is 3.84. The molecule has 0 saturated heterocycles. The second-order valence-electron chi connectivity index (χ2n) is 13.4. The lowest BCUT2D eigenvalue weighted by atomic mass is 10.0. The maximum Gasteiger partial charge on any atom is 0.0641 e. The molecule has 0 unspecified atom stereocenters. The number of benzene rings is 8. The lowest BCUT2D eigenvalue weighted by molar-refractivity contribution is 1.17. The number of para-hydroxylation sites is 5. The molecule has 0 amide bonds. The minimum atomic E-state index is 1.15. The van der Waals surface area contributed by atoms with Gasteiger partial charge in [-0.3, -0.25) is 0 Å². The summed E-state index contributed by atoms with van der Waals surface area (Å²) in [5.74, 6) is 0. The molecule has 3 heterocycles. The molecule has 3 nitrogen and oxygen atoms in total. The molecule has 11 rings (SSSR count). The van der Waals surface area contributed by atoms with Gasteiger partial charge in [-0.15, -0.1) is 0 Å². The van der Waals surface area contributed by atoms with Crippen LogP contribution in [0.2, 0.25) is 0 Å². The minimum Gasteiger partial charge on any atom is -0.309 e. The molecule has 3 heteroatoms. The summed E-state index contributed by atoms with van der Waals surface area (Å²) in [5.41, 5.74) is 13.1. The van der Waals surface area contributed by atoms with E-state index in [9.17, 15) is 0 Å². The van der Waals surface area contributed by atoms with E-state index in [2.05, 4.69) is 202 Å². The molecule has 0 aliphatic heterocycles. The standard InChI is InChI=1S/C48H31N3/c1-2-14-34(15-3-1)51-44-23-10-6-19-39(44)40-29-30-46-47(48(40)51)41-20-7-11-24-45(41)50(46)36-16-12-13-33(31-36)32-25-27-35(28-26-32)49-42-21-8-4-17-37(42)38-18-5-9-22-43(38)49/h1-31H. The first-order chi connectivity index (χ1) is 25.3. The van der Waals surface area contributed by atoms with E-state index in [1.807, 2.05) is 0 Å². The largest absolute Gasteiger partial charge is 0.309 e. The van der Waals surface area contributed by atoms with Crippen LogP contribution < -0.4 is 0 Å². The zero-order valence-electron chi connectivity index (χ0n) is 27.7. The van der Waals surface area contributed by atoms with E-state index in [0.29, 0.717) is 0 Å². The van der Waals surface area contributed by atoms with Crippen LogP contribution in [0.3, 0.4) is 0 Å². The van der Waals surface area contributed by atoms with Gasteiger partial charge in [-0.2, -0.15) is 0 Å². The summed E-state index contributed by atoms with van der Waals surface area (Å²) in [6.07, 6.45) is 0. The molecule has 51 heavy (non-hydrogen) atoms. The fourth-order valence-electron chi connectivity index (χ4n) is 8.46. The van der Waals surface area contributed by atoms with Gasteiger partial charge in [0.15, 0.2) is 0 Å². The molecule has 8 aromatic carbocycles. The van der Waals surface area contributed by atoms with Crippen molar-refractivity contribution in [2.24, 2.45) is 0 Å². The molecule has 238 valence electrons. The topological polar surface area (TPSA) is 14.8 Å². The molecular weight excluding hydrogens is 619 g/mol. The molecule has 0 N–H and O–H groups in total. The number of rotatable bonds is 4. The highest BCUT2D eigenvalue weighted by molar-refractivity contribution is 6.26. The van der Waals surface area contributed by atoms with E-state index in [0.717, 1.165) is 11.4 Å². The summed E-state index contributed by atoms with van der Waals surface area (Å²) < 4.78 is 7.25. The number of aromatic nitrogens is 3. The molecule has 0 fully saturated rings. The first-order valence-electron chi connectivity index (χ1n) is 17.5. The Morgan fingerprint density at radius 2 is 0.745 bits per heavy atom. The maximum absolute atomic E-state index is 2.44. The zero-order valence-corrected chi connectivity index (χ0v) is 27.7. The second kappa shape index (κ2) is 10.8. The predicted octanol–water partition coefficient (Wildman–Crippen LogP) is 12.6. The number of hydrogen-bond donors (Lipinski definition) is 0. The first kappa shape index (κ1) is 28.0. The van der Waals surface area contributed by atoms with Gasteiger partial charge in [-0.05, 0) is 77.9 Å². The minimum absolute atomic E-state index is 1.15. The molecule has 0 spiro atoms. The predicted molar refractivity (Wildman–Crippen MR) is 215 cm³/mol. The lowest BCUT2D eigenvalue weighted by Crippen LogP contribution is -1.96. The second-order valence-corrected chi connectivity index (χ2v) is 13.4. The summed E-state index contributed by atoms with van der Waals surface area (Å²) in [4.78, 5) is 0. The Morgan fingerprint density at radius 3 is 1.41 bits per heavy atom. The molecule has 0 atom stereocenters. The molecule has 0 saturated carbocycles. The van der Waals surface area contributed by atoms with E-state index in [4.69, 9.17) is 0 Å². The van der Waals surface area contributed by atoms with Gasteiger partial charge < -0.3 is 13.7 Å². The van der Waals surface area contributed by atoms with Gasteiger partial charge in [0.1, 0.15) is 0 Å². The fourth-order valence-corrected chi connectivity index (χ4v) is 8.46. The fraction of sp³-hybridized carbons (Fsp3) is 0. The van der Waals surface area contributed by atoms with Gasteiger partial charge in [0.05, 0.1) is 33.1 Å². The molecule has 11 aromatic rings. The molecule has 0 aliphatic carbocycles. The summed E-state index contributed by atoms with van der Waals surface area (Å²) >= 11 is 0. The summed E-state index contributed by atoms with van der Waals surface area (Å²) in [6.45, 7) is 0. The van der Waals surface area contributed by atoms with Gasteiger partial charge in [0.2, 0.25) is 0 Å². The maximum atomic E-state index is 2.44. The van der Waals surface area contributed by atoms with Crippen LogP contribution in [0, 0.1) is 0 Å². The Bertz CT molecular complexity index is 3070. The number of fused-ring (bicyclic) bond motifs is 10. The van der Waals surface area contributed by atoms with Gasteiger partial charge in [0, 0.05) is 49.4 Å². The van der Waals surface area contributed by atoms with Crippen molar-refractivity contribution in [2.45, 2.75) is 0 Å². The molecule has 0 radical (unpaired) electrons. The van der Waals surface area contributed by atoms with Crippen LogP contribution in [0.4, 0.5) is 0 Å². The van der Waals surface area contributed by atoms with Crippen molar-refractivity contribution in [1.29, 1.82) is 0 Å². The molecular formula is C48H31N3.